The summed E-state index contributed by atoms with van der Waals surface area (Å²) in [6.07, 6.45) is 0. The second kappa shape index (κ2) is 3.95. The van der Waals surface area contributed by atoms with E-state index >= 15 is 0 Å². The molecule has 1 atom stereocenters. The van der Waals surface area contributed by atoms with Crippen LogP contribution in [0.3, 0.4) is 0 Å². The monoisotopic (exact) mass is 222 g/mol. The van der Waals surface area contributed by atoms with E-state index in [9.17, 15) is 0 Å². The second-order valence-corrected chi connectivity index (χ2v) is 4.77. The van der Waals surface area contributed by atoms with Crippen molar-refractivity contribution in [2.45, 2.75) is 19.4 Å². The number of rotatable bonds is 0. The van der Waals surface area contributed by atoms with Crippen LogP contribution in [0.4, 0.5) is 0 Å². The molecule has 0 N–H and O–H groups in total. The van der Waals surface area contributed by atoms with Crippen molar-refractivity contribution < 1.29 is 21.7 Å². The Kier molecular flexibility index (Phi) is 3.33. The van der Waals surface area contributed by atoms with E-state index in [-0.39, 0.29) is 21.7 Å². The molecular weight excluding hydrogens is 208 g/mol. The van der Waals surface area contributed by atoms with Crippen LogP contribution in [0.25, 0.3) is 5.57 Å². The number of hydrogen-bond donors (Lipinski definition) is 0. The van der Waals surface area contributed by atoms with Crippen LogP contribution in [0.2, 0.25) is 0 Å². The standard InChI is InChI=1S/C11H14Si.Ti/c1-7-8(2)11(12)10-6-4-3-5-9(7)10;/h3-6,11H,1-2,12H3;. The molecule has 0 fully saturated rings. The van der Waals surface area contributed by atoms with Crippen LogP contribution < -0.4 is 0 Å². The third-order valence-corrected chi connectivity index (χ3v) is 4.56. The number of hydrogen-bond acceptors (Lipinski definition) is 0. The number of fused-ring (bicyclic) bond motifs is 1. The van der Waals surface area contributed by atoms with Crippen molar-refractivity contribution >= 4 is 15.8 Å². The molecule has 13 heavy (non-hydrogen) atoms. The molecule has 0 aromatic heterocycles. The van der Waals surface area contributed by atoms with Gasteiger partial charge in [0.2, 0.25) is 0 Å². The fourth-order valence-corrected chi connectivity index (χ4v) is 2.92. The van der Waals surface area contributed by atoms with Crippen molar-refractivity contribution in [1.29, 1.82) is 0 Å². The maximum atomic E-state index is 2.27. The topological polar surface area (TPSA) is 0 Å². The number of benzene rings is 1. The van der Waals surface area contributed by atoms with Gasteiger partial charge in [0.25, 0.3) is 0 Å². The van der Waals surface area contributed by atoms with Gasteiger partial charge in [-0.1, -0.05) is 29.8 Å². The maximum absolute atomic E-state index is 2.27. The van der Waals surface area contributed by atoms with Gasteiger partial charge in [0, 0.05) is 32.0 Å². The minimum Gasteiger partial charge on any atom is -0.0660 e. The van der Waals surface area contributed by atoms with Crippen LogP contribution in [0.15, 0.2) is 29.8 Å². The van der Waals surface area contributed by atoms with Gasteiger partial charge in [-0.3, -0.25) is 0 Å². The van der Waals surface area contributed by atoms with Crippen molar-refractivity contribution in [1.82, 2.24) is 0 Å². The molecule has 1 aromatic carbocycles. The van der Waals surface area contributed by atoms with Gasteiger partial charge in [-0.2, -0.15) is 0 Å². The van der Waals surface area contributed by atoms with Crippen molar-refractivity contribution in [2.75, 3.05) is 0 Å². The third-order valence-electron chi connectivity index (χ3n) is 3.07. The molecule has 1 unspecified atom stereocenters. The zero-order valence-electron chi connectivity index (χ0n) is 8.39. The predicted molar refractivity (Wildman–Crippen MR) is 57.4 cm³/mol. The van der Waals surface area contributed by atoms with Crippen molar-refractivity contribution in [3.63, 3.8) is 0 Å². The summed E-state index contributed by atoms with van der Waals surface area (Å²) in [5, 5.41) is 0. The Morgan fingerprint density at radius 3 is 2.38 bits per heavy atom. The van der Waals surface area contributed by atoms with Crippen molar-refractivity contribution in [3.05, 3.63) is 41.0 Å². The first-order valence-electron chi connectivity index (χ1n) is 4.48. The Bertz CT molecular complexity index is 355. The Labute approximate surface area is 97.7 Å². The Hall–Kier alpha value is -0.109. The summed E-state index contributed by atoms with van der Waals surface area (Å²) in [6, 6.07) is 8.80. The summed E-state index contributed by atoms with van der Waals surface area (Å²) < 4.78 is 0. The first-order chi connectivity index (χ1) is 5.72. The average Bonchev–Trinajstić information content (AvgIpc) is 2.33. The summed E-state index contributed by atoms with van der Waals surface area (Å²) in [5.74, 6) is 0. The fourth-order valence-electron chi connectivity index (χ4n) is 1.99. The molecule has 0 radical (unpaired) electrons. The normalized spacial score (nSPS) is 20.0. The minimum atomic E-state index is 0. The SMILES string of the molecule is CC1=C(C)C([SiH3])c2ccccc21.[Ti]. The summed E-state index contributed by atoms with van der Waals surface area (Å²) in [5.41, 5.74) is 6.89. The van der Waals surface area contributed by atoms with E-state index < -0.39 is 0 Å². The second-order valence-electron chi connectivity index (χ2n) is 3.62. The molecule has 1 aliphatic rings. The van der Waals surface area contributed by atoms with Gasteiger partial charge >= 0.3 is 0 Å². The molecule has 1 aliphatic carbocycles. The van der Waals surface area contributed by atoms with E-state index in [0.29, 0.717) is 0 Å². The Morgan fingerprint density at radius 1 is 1.15 bits per heavy atom. The van der Waals surface area contributed by atoms with Gasteiger partial charge in [0.15, 0.2) is 0 Å². The van der Waals surface area contributed by atoms with Gasteiger partial charge in [-0.15, -0.1) is 0 Å². The molecule has 0 heterocycles. The van der Waals surface area contributed by atoms with Gasteiger partial charge < -0.3 is 0 Å². The fraction of sp³-hybridized carbons (Fsp3) is 0.273. The predicted octanol–water partition coefficient (Wildman–Crippen LogP) is 1.90. The molecule has 1 aromatic rings. The molecular formula is C11H14SiTi. The molecule has 0 spiro atoms. The van der Waals surface area contributed by atoms with Gasteiger partial charge in [-0.25, -0.2) is 0 Å². The molecule has 0 saturated carbocycles. The zero-order valence-corrected chi connectivity index (χ0v) is 11.9. The summed E-state index contributed by atoms with van der Waals surface area (Å²) in [4.78, 5) is 0. The van der Waals surface area contributed by atoms with Crippen LogP contribution in [0, 0.1) is 0 Å². The van der Waals surface area contributed by atoms with Crippen LogP contribution in [0.1, 0.15) is 30.5 Å². The minimum absolute atomic E-state index is 0. The van der Waals surface area contributed by atoms with E-state index in [4.69, 9.17) is 0 Å². The quantitative estimate of drug-likeness (QED) is 0.588. The average molecular weight is 222 g/mol. The molecule has 0 aliphatic heterocycles. The summed E-state index contributed by atoms with van der Waals surface area (Å²) in [6.45, 7) is 4.51. The molecule has 2 rings (SSSR count). The Balaban J connectivity index is 0.000000845. The Morgan fingerprint density at radius 2 is 1.77 bits per heavy atom. The summed E-state index contributed by atoms with van der Waals surface area (Å²) >= 11 is 0. The van der Waals surface area contributed by atoms with E-state index in [1.807, 2.05) is 0 Å². The van der Waals surface area contributed by atoms with Gasteiger partial charge in [0.1, 0.15) is 0 Å². The molecule has 0 amide bonds. The van der Waals surface area contributed by atoms with E-state index in [1.54, 1.807) is 11.1 Å². The van der Waals surface area contributed by atoms with E-state index in [1.165, 1.54) is 21.4 Å². The molecule has 0 saturated heterocycles. The van der Waals surface area contributed by atoms with Gasteiger partial charge in [-0.05, 0) is 36.1 Å². The van der Waals surface area contributed by atoms with Crippen LogP contribution in [-0.2, 0) is 21.7 Å². The third kappa shape index (κ3) is 1.61. The van der Waals surface area contributed by atoms with Gasteiger partial charge in [0.05, 0.1) is 0 Å². The number of allylic oxidation sites excluding steroid dienone is 2. The molecule has 0 bridgehead atoms. The molecule has 0 nitrogen and oxygen atoms in total. The van der Waals surface area contributed by atoms with Crippen LogP contribution >= 0.6 is 0 Å². The maximum Gasteiger partial charge on any atom is 0.0175 e. The van der Waals surface area contributed by atoms with Crippen molar-refractivity contribution in [2.24, 2.45) is 0 Å². The first-order valence-corrected chi connectivity index (χ1v) is 5.64. The molecule has 66 valence electrons. The van der Waals surface area contributed by atoms with Crippen LogP contribution in [-0.4, -0.2) is 10.2 Å². The first kappa shape index (κ1) is 11.0. The largest absolute Gasteiger partial charge is 0.0660 e. The van der Waals surface area contributed by atoms with E-state index in [2.05, 4.69) is 38.1 Å². The molecule has 2 heteroatoms. The zero-order chi connectivity index (χ0) is 8.72. The van der Waals surface area contributed by atoms with Crippen LogP contribution in [0.5, 0.6) is 0 Å². The van der Waals surface area contributed by atoms with E-state index in [0.717, 1.165) is 5.54 Å². The van der Waals surface area contributed by atoms with Crippen molar-refractivity contribution in [3.8, 4) is 0 Å². The summed E-state index contributed by atoms with van der Waals surface area (Å²) in [7, 11) is 1.24. The smallest absolute Gasteiger partial charge is 0.0175 e.